The third kappa shape index (κ3) is 4.61. The van der Waals surface area contributed by atoms with Gasteiger partial charge in [0.15, 0.2) is 0 Å². The van der Waals surface area contributed by atoms with Gasteiger partial charge in [-0.05, 0) is 62.3 Å². The van der Waals surface area contributed by atoms with E-state index >= 15 is 0 Å². The van der Waals surface area contributed by atoms with E-state index in [1.165, 1.54) is 10.6 Å². The molecule has 0 saturated heterocycles. The van der Waals surface area contributed by atoms with Crippen LogP contribution < -0.4 is 15.6 Å². The Morgan fingerprint density at radius 2 is 1.93 bits per heavy atom. The van der Waals surface area contributed by atoms with E-state index in [1.54, 1.807) is 26.1 Å². The van der Waals surface area contributed by atoms with Crippen LogP contribution in [0.15, 0.2) is 29.1 Å². The molecule has 2 aromatic rings. The van der Waals surface area contributed by atoms with Gasteiger partial charge in [0.25, 0.3) is 5.56 Å². The minimum atomic E-state index is -1.29. The zero-order valence-electron chi connectivity index (χ0n) is 18.5. The number of benzene rings is 1. The standard InChI is InChI=1S/C23H32FN3O2S/c1-6-15(3)14-23(10-11-23)30(29)26-20-12-16(4)22(28)27(5)21(20)25-19-9-8-17(7-2)13-18(19)24/h8-9,12-13,15,25-26H,6-7,10-11,14H2,1-5H3. The van der Waals surface area contributed by atoms with Crippen molar-refractivity contribution < 1.29 is 8.60 Å². The highest BCUT2D eigenvalue weighted by molar-refractivity contribution is 7.88. The molecule has 1 fully saturated rings. The molecule has 0 amide bonds. The van der Waals surface area contributed by atoms with Gasteiger partial charge in [-0.15, -0.1) is 0 Å². The van der Waals surface area contributed by atoms with E-state index in [4.69, 9.17) is 0 Å². The summed E-state index contributed by atoms with van der Waals surface area (Å²) in [6.45, 7) is 8.02. The molecule has 2 atom stereocenters. The molecule has 0 aliphatic heterocycles. The van der Waals surface area contributed by atoms with Crippen molar-refractivity contribution in [3.05, 3.63) is 51.6 Å². The fourth-order valence-corrected chi connectivity index (χ4v) is 5.20. The Labute approximate surface area is 180 Å². The summed E-state index contributed by atoms with van der Waals surface area (Å²) in [6.07, 6.45) is 4.56. The molecule has 1 heterocycles. The Morgan fingerprint density at radius 1 is 1.23 bits per heavy atom. The van der Waals surface area contributed by atoms with Gasteiger partial charge in [-0.3, -0.25) is 9.36 Å². The average molecular weight is 434 g/mol. The lowest BCUT2D eigenvalue weighted by Crippen LogP contribution is -2.28. The van der Waals surface area contributed by atoms with E-state index < -0.39 is 11.0 Å². The summed E-state index contributed by atoms with van der Waals surface area (Å²) in [5, 5.41) is 3.05. The van der Waals surface area contributed by atoms with Crippen LogP contribution in [-0.4, -0.2) is 13.5 Å². The minimum Gasteiger partial charge on any atom is -0.337 e. The number of aryl methyl sites for hydroxylation is 2. The molecule has 0 spiro atoms. The number of hydrogen-bond donors (Lipinski definition) is 2. The van der Waals surface area contributed by atoms with Gasteiger partial charge < -0.3 is 10.0 Å². The molecule has 1 aliphatic carbocycles. The Hall–Kier alpha value is -2.15. The highest BCUT2D eigenvalue weighted by Gasteiger charge is 2.49. The lowest BCUT2D eigenvalue weighted by molar-refractivity contribution is 0.493. The molecule has 164 valence electrons. The summed E-state index contributed by atoms with van der Waals surface area (Å²) in [5.41, 5.74) is 2.08. The van der Waals surface area contributed by atoms with Crippen LogP contribution in [0.3, 0.4) is 0 Å². The molecule has 0 radical (unpaired) electrons. The molecule has 1 saturated carbocycles. The van der Waals surface area contributed by atoms with Gasteiger partial charge >= 0.3 is 0 Å². The van der Waals surface area contributed by atoms with Crippen LogP contribution >= 0.6 is 0 Å². The van der Waals surface area contributed by atoms with Crippen molar-refractivity contribution in [2.45, 2.75) is 64.5 Å². The largest absolute Gasteiger partial charge is 0.337 e. The second kappa shape index (κ2) is 8.92. The lowest BCUT2D eigenvalue weighted by atomic mass is 10.0. The topological polar surface area (TPSA) is 63.1 Å². The molecule has 1 aliphatic rings. The highest BCUT2D eigenvalue weighted by atomic mass is 32.2. The highest BCUT2D eigenvalue weighted by Crippen LogP contribution is 2.47. The second-order valence-electron chi connectivity index (χ2n) is 8.52. The first-order chi connectivity index (χ1) is 14.2. The van der Waals surface area contributed by atoms with Gasteiger partial charge in [-0.2, -0.15) is 0 Å². The third-order valence-corrected chi connectivity index (χ3v) is 7.88. The van der Waals surface area contributed by atoms with Gasteiger partial charge in [-0.25, -0.2) is 8.60 Å². The maximum absolute atomic E-state index is 14.6. The Bertz CT molecular complexity index is 1010. The number of nitrogens with zero attached hydrogens (tertiary/aromatic N) is 1. The smallest absolute Gasteiger partial charge is 0.254 e. The van der Waals surface area contributed by atoms with Crippen molar-refractivity contribution in [2.75, 3.05) is 10.0 Å². The van der Waals surface area contributed by atoms with E-state index in [2.05, 4.69) is 23.9 Å². The summed E-state index contributed by atoms with van der Waals surface area (Å²) in [5.74, 6) is 0.523. The van der Waals surface area contributed by atoms with E-state index in [1.807, 2.05) is 13.0 Å². The second-order valence-corrected chi connectivity index (χ2v) is 10.1. The molecule has 30 heavy (non-hydrogen) atoms. The molecular formula is C23H32FN3O2S. The molecular weight excluding hydrogens is 401 g/mol. The van der Waals surface area contributed by atoms with E-state index in [9.17, 15) is 13.4 Å². The number of rotatable bonds is 9. The SMILES string of the molecule is CCc1ccc(Nc2c(NS(=O)C3(CC(C)CC)CC3)cc(C)c(=O)n2C)c(F)c1. The maximum Gasteiger partial charge on any atom is 0.254 e. The molecule has 1 aromatic carbocycles. The molecule has 3 rings (SSSR count). The van der Waals surface area contributed by atoms with Crippen molar-refractivity contribution in [1.29, 1.82) is 0 Å². The van der Waals surface area contributed by atoms with Crippen LogP contribution in [0.2, 0.25) is 0 Å². The van der Waals surface area contributed by atoms with Gasteiger partial charge in [0, 0.05) is 12.6 Å². The minimum absolute atomic E-state index is 0.180. The molecule has 0 bridgehead atoms. The average Bonchev–Trinajstić information content (AvgIpc) is 3.50. The summed E-state index contributed by atoms with van der Waals surface area (Å²) < 4.78 is 32.2. The zero-order chi connectivity index (χ0) is 22.1. The Kier molecular flexibility index (Phi) is 6.70. The molecule has 2 N–H and O–H groups in total. The van der Waals surface area contributed by atoms with Gasteiger partial charge in [-0.1, -0.05) is 33.3 Å². The molecule has 1 aromatic heterocycles. The van der Waals surface area contributed by atoms with E-state index in [-0.39, 0.29) is 21.8 Å². The van der Waals surface area contributed by atoms with Gasteiger partial charge in [0.1, 0.15) is 22.6 Å². The van der Waals surface area contributed by atoms with Crippen molar-refractivity contribution >= 4 is 28.2 Å². The predicted octanol–water partition coefficient (Wildman–Crippen LogP) is 5.18. The first-order valence-corrected chi connectivity index (χ1v) is 11.8. The van der Waals surface area contributed by atoms with Crippen molar-refractivity contribution in [3.63, 3.8) is 0 Å². The maximum atomic E-state index is 14.6. The van der Waals surface area contributed by atoms with Gasteiger partial charge in [0.2, 0.25) is 0 Å². The summed E-state index contributed by atoms with van der Waals surface area (Å²) >= 11 is 0. The van der Waals surface area contributed by atoms with Crippen molar-refractivity contribution in [2.24, 2.45) is 13.0 Å². The fraction of sp³-hybridized carbons (Fsp3) is 0.522. The van der Waals surface area contributed by atoms with Crippen LogP contribution in [0.4, 0.5) is 21.6 Å². The quantitative estimate of drug-likeness (QED) is 0.572. The molecule has 7 heteroatoms. The summed E-state index contributed by atoms with van der Waals surface area (Å²) in [6, 6.07) is 6.71. The number of hydrogen-bond acceptors (Lipinski definition) is 3. The number of nitrogens with one attached hydrogen (secondary N) is 2. The number of pyridine rings is 1. The zero-order valence-corrected chi connectivity index (χ0v) is 19.3. The molecule has 2 unspecified atom stereocenters. The lowest BCUT2D eigenvalue weighted by Gasteiger charge is -2.22. The Balaban J connectivity index is 1.93. The van der Waals surface area contributed by atoms with Crippen LogP contribution in [0.5, 0.6) is 0 Å². The third-order valence-electron chi connectivity index (χ3n) is 6.11. The monoisotopic (exact) mass is 433 g/mol. The first kappa shape index (κ1) is 22.5. The van der Waals surface area contributed by atoms with Crippen LogP contribution in [0.1, 0.15) is 57.6 Å². The van der Waals surface area contributed by atoms with Crippen LogP contribution in [-0.2, 0) is 24.5 Å². The van der Waals surface area contributed by atoms with E-state index in [0.717, 1.165) is 37.7 Å². The van der Waals surface area contributed by atoms with Crippen molar-refractivity contribution in [1.82, 2.24) is 4.57 Å². The van der Waals surface area contributed by atoms with Crippen LogP contribution in [0.25, 0.3) is 0 Å². The van der Waals surface area contributed by atoms with Gasteiger partial charge in [0.05, 0.1) is 16.1 Å². The number of anilines is 3. The van der Waals surface area contributed by atoms with E-state index in [0.29, 0.717) is 23.0 Å². The van der Waals surface area contributed by atoms with Crippen LogP contribution in [0, 0.1) is 18.7 Å². The molecule has 5 nitrogen and oxygen atoms in total. The normalized spacial score (nSPS) is 16.7. The van der Waals surface area contributed by atoms with Crippen molar-refractivity contribution in [3.8, 4) is 0 Å². The fourth-order valence-electron chi connectivity index (χ4n) is 3.72. The summed E-state index contributed by atoms with van der Waals surface area (Å²) in [4.78, 5) is 12.5. The summed E-state index contributed by atoms with van der Waals surface area (Å²) in [7, 11) is 0.342. The number of halogens is 1. The predicted molar refractivity (Wildman–Crippen MR) is 123 cm³/mol. The first-order valence-electron chi connectivity index (χ1n) is 10.7. The number of aromatic nitrogens is 1. The Morgan fingerprint density at radius 3 is 2.50 bits per heavy atom.